The van der Waals surface area contributed by atoms with Gasteiger partial charge in [-0.2, -0.15) is 0 Å². The second-order valence-corrected chi connectivity index (χ2v) is 6.76. The number of aromatic hydroxyl groups is 1. The predicted octanol–water partition coefficient (Wildman–Crippen LogP) is 4.91. The number of halogens is 2. The summed E-state index contributed by atoms with van der Waals surface area (Å²) < 4.78 is 11.5. The summed E-state index contributed by atoms with van der Waals surface area (Å²) in [6.07, 6.45) is 3.21. The van der Waals surface area contributed by atoms with Crippen molar-refractivity contribution in [1.82, 2.24) is 0 Å². The van der Waals surface area contributed by atoms with Gasteiger partial charge in [0.2, 0.25) is 0 Å². The average molecular weight is 452 g/mol. The zero-order chi connectivity index (χ0) is 17.3. The molecule has 0 unspecified atom stereocenters. The van der Waals surface area contributed by atoms with E-state index in [2.05, 4.69) is 31.9 Å². The number of ether oxygens (including phenoxy) is 2. The Balaban J connectivity index is 2.01. The SMILES string of the molecule is COc1ccc(/C=C2/OC(=O)C=C2c2cc(Br)c(O)c(Br)c2)cc1. The van der Waals surface area contributed by atoms with Gasteiger partial charge in [-0.25, -0.2) is 4.79 Å². The van der Waals surface area contributed by atoms with Crippen LogP contribution in [-0.4, -0.2) is 18.2 Å². The lowest BCUT2D eigenvalue weighted by atomic mass is 10.0. The topological polar surface area (TPSA) is 55.8 Å². The normalized spacial score (nSPS) is 15.4. The van der Waals surface area contributed by atoms with Gasteiger partial charge >= 0.3 is 5.97 Å². The first-order valence-electron chi connectivity index (χ1n) is 6.96. The van der Waals surface area contributed by atoms with E-state index >= 15 is 0 Å². The molecule has 0 saturated carbocycles. The third kappa shape index (κ3) is 3.39. The van der Waals surface area contributed by atoms with Gasteiger partial charge in [0.05, 0.1) is 16.1 Å². The third-order valence-corrected chi connectivity index (χ3v) is 4.69. The zero-order valence-electron chi connectivity index (χ0n) is 12.5. The first-order valence-corrected chi connectivity index (χ1v) is 8.54. The highest BCUT2D eigenvalue weighted by molar-refractivity contribution is 9.11. The van der Waals surface area contributed by atoms with E-state index in [0.29, 0.717) is 20.3 Å². The maximum atomic E-state index is 11.7. The van der Waals surface area contributed by atoms with Gasteiger partial charge < -0.3 is 14.6 Å². The number of cyclic esters (lactones) is 1. The molecule has 0 spiro atoms. The lowest BCUT2D eigenvalue weighted by Crippen LogP contribution is -1.92. The van der Waals surface area contributed by atoms with Crippen molar-refractivity contribution in [3.05, 3.63) is 68.3 Å². The highest BCUT2D eigenvalue weighted by Crippen LogP contribution is 2.39. The fourth-order valence-corrected chi connectivity index (χ4v) is 3.47. The van der Waals surface area contributed by atoms with Gasteiger partial charge in [0.1, 0.15) is 17.3 Å². The standard InChI is InChI=1S/C18H12Br2O4/c1-23-12-4-2-10(3-5-12)6-16-13(9-17(21)24-16)11-7-14(19)18(22)15(20)8-11/h2-9,22H,1H3/b16-6+. The second-order valence-electron chi connectivity index (χ2n) is 5.05. The second kappa shape index (κ2) is 6.83. The lowest BCUT2D eigenvalue weighted by molar-refractivity contribution is -0.132. The summed E-state index contributed by atoms with van der Waals surface area (Å²) in [7, 11) is 1.60. The van der Waals surface area contributed by atoms with Crippen LogP contribution in [0, 0.1) is 0 Å². The van der Waals surface area contributed by atoms with Crippen LogP contribution in [0.2, 0.25) is 0 Å². The van der Waals surface area contributed by atoms with Crippen molar-refractivity contribution in [2.75, 3.05) is 7.11 Å². The Morgan fingerprint density at radius 1 is 1.12 bits per heavy atom. The molecule has 6 heteroatoms. The molecule has 0 atom stereocenters. The molecule has 0 aliphatic carbocycles. The maximum absolute atomic E-state index is 11.7. The van der Waals surface area contributed by atoms with Crippen LogP contribution >= 0.6 is 31.9 Å². The lowest BCUT2D eigenvalue weighted by Gasteiger charge is -2.08. The average Bonchev–Trinajstić information content (AvgIpc) is 2.93. The minimum atomic E-state index is -0.426. The van der Waals surface area contributed by atoms with E-state index in [9.17, 15) is 9.90 Å². The van der Waals surface area contributed by atoms with Crippen molar-refractivity contribution in [2.24, 2.45) is 0 Å². The molecule has 0 aromatic heterocycles. The summed E-state index contributed by atoms with van der Waals surface area (Å²) in [6.45, 7) is 0. The zero-order valence-corrected chi connectivity index (χ0v) is 15.7. The number of hydrogen-bond acceptors (Lipinski definition) is 4. The molecule has 2 aromatic rings. The Labute approximate surface area is 155 Å². The van der Waals surface area contributed by atoms with Gasteiger partial charge in [-0.3, -0.25) is 0 Å². The van der Waals surface area contributed by atoms with E-state index < -0.39 is 5.97 Å². The van der Waals surface area contributed by atoms with E-state index in [4.69, 9.17) is 9.47 Å². The number of carbonyl (C=O) groups excluding carboxylic acids is 1. The quantitative estimate of drug-likeness (QED) is 0.673. The summed E-state index contributed by atoms with van der Waals surface area (Å²) >= 11 is 6.59. The smallest absolute Gasteiger partial charge is 0.336 e. The molecular weight excluding hydrogens is 440 g/mol. The van der Waals surface area contributed by atoms with Gasteiger partial charge in [-0.05, 0) is 73.3 Å². The molecule has 2 aromatic carbocycles. The number of methoxy groups -OCH3 is 1. The van der Waals surface area contributed by atoms with E-state index in [1.807, 2.05) is 24.3 Å². The summed E-state index contributed by atoms with van der Waals surface area (Å²) in [5.41, 5.74) is 2.28. The number of allylic oxidation sites excluding steroid dienone is 1. The summed E-state index contributed by atoms with van der Waals surface area (Å²) in [5, 5.41) is 9.84. The number of phenols is 1. The maximum Gasteiger partial charge on any atom is 0.336 e. The van der Waals surface area contributed by atoms with E-state index in [1.54, 1.807) is 25.3 Å². The van der Waals surface area contributed by atoms with Crippen LogP contribution in [0.15, 0.2) is 57.2 Å². The Bertz CT molecular complexity index is 844. The van der Waals surface area contributed by atoms with Crippen LogP contribution < -0.4 is 4.74 Å². The van der Waals surface area contributed by atoms with Crippen molar-refractivity contribution in [3.8, 4) is 11.5 Å². The molecule has 0 fully saturated rings. The molecule has 4 nitrogen and oxygen atoms in total. The van der Waals surface area contributed by atoms with Crippen molar-refractivity contribution in [3.63, 3.8) is 0 Å². The number of rotatable bonds is 3. The Morgan fingerprint density at radius 3 is 2.33 bits per heavy atom. The van der Waals surface area contributed by atoms with Crippen LogP contribution in [0.3, 0.4) is 0 Å². The largest absolute Gasteiger partial charge is 0.506 e. The van der Waals surface area contributed by atoms with Crippen LogP contribution in [0.4, 0.5) is 0 Å². The highest BCUT2D eigenvalue weighted by Gasteiger charge is 2.23. The summed E-state index contributed by atoms with van der Waals surface area (Å²) in [6, 6.07) is 10.9. The van der Waals surface area contributed by atoms with Crippen LogP contribution in [0.1, 0.15) is 11.1 Å². The van der Waals surface area contributed by atoms with E-state index in [-0.39, 0.29) is 5.75 Å². The molecule has 1 aliphatic heterocycles. The molecule has 0 saturated heterocycles. The highest BCUT2D eigenvalue weighted by atomic mass is 79.9. The summed E-state index contributed by atoms with van der Waals surface area (Å²) in [4.78, 5) is 11.7. The van der Waals surface area contributed by atoms with Crippen molar-refractivity contribution >= 4 is 49.5 Å². The fraction of sp³-hybridized carbons (Fsp3) is 0.0556. The van der Waals surface area contributed by atoms with Crippen LogP contribution in [-0.2, 0) is 9.53 Å². The fourth-order valence-electron chi connectivity index (χ4n) is 2.29. The monoisotopic (exact) mass is 450 g/mol. The minimum absolute atomic E-state index is 0.102. The van der Waals surface area contributed by atoms with Crippen molar-refractivity contribution in [1.29, 1.82) is 0 Å². The van der Waals surface area contributed by atoms with E-state index in [1.165, 1.54) is 6.08 Å². The van der Waals surface area contributed by atoms with E-state index in [0.717, 1.165) is 16.9 Å². The molecule has 0 radical (unpaired) electrons. The molecule has 1 N–H and O–H groups in total. The molecule has 1 aliphatic rings. The Kier molecular flexibility index (Phi) is 4.78. The molecule has 3 rings (SSSR count). The molecule has 0 amide bonds. The number of phenolic OH excluding ortho intramolecular Hbond substituents is 1. The third-order valence-electron chi connectivity index (χ3n) is 3.48. The molecule has 1 heterocycles. The molecule has 24 heavy (non-hydrogen) atoms. The van der Waals surface area contributed by atoms with Crippen LogP contribution in [0.5, 0.6) is 11.5 Å². The van der Waals surface area contributed by atoms with Gasteiger partial charge in [0, 0.05) is 11.6 Å². The molecule has 122 valence electrons. The Hall–Kier alpha value is -2.05. The number of benzene rings is 2. The number of hydrogen-bond donors (Lipinski definition) is 1. The van der Waals surface area contributed by atoms with Crippen molar-refractivity contribution < 1.29 is 19.4 Å². The summed E-state index contributed by atoms with van der Waals surface area (Å²) in [5.74, 6) is 0.882. The predicted molar refractivity (Wildman–Crippen MR) is 98.5 cm³/mol. The Morgan fingerprint density at radius 2 is 1.75 bits per heavy atom. The van der Waals surface area contributed by atoms with Gasteiger partial charge in [-0.15, -0.1) is 0 Å². The number of carbonyl (C=O) groups is 1. The molecular formula is C18H12Br2O4. The first kappa shape index (κ1) is 16.8. The van der Waals surface area contributed by atoms with Crippen LogP contribution in [0.25, 0.3) is 11.6 Å². The van der Waals surface area contributed by atoms with Crippen molar-refractivity contribution in [2.45, 2.75) is 0 Å². The molecule has 0 bridgehead atoms. The van der Waals surface area contributed by atoms with Gasteiger partial charge in [0.25, 0.3) is 0 Å². The van der Waals surface area contributed by atoms with Gasteiger partial charge in [0.15, 0.2) is 0 Å². The van der Waals surface area contributed by atoms with Gasteiger partial charge in [-0.1, -0.05) is 12.1 Å². The minimum Gasteiger partial charge on any atom is -0.506 e. The number of esters is 1. The first-order chi connectivity index (χ1) is 11.5.